The number of carboxylic acids is 1. The van der Waals surface area contributed by atoms with Gasteiger partial charge in [0, 0.05) is 5.38 Å². The Kier molecular flexibility index (Phi) is 7.13. The van der Waals surface area contributed by atoms with E-state index in [2.05, 4.69) is 4.99 Å². The number of carbonyl (C=O) groups is 2. The van der Waals surface area contributed by atoms with E-state index in [1.54, 1.807) is 36.4 Å². The molecular weight excluding hydrogens is 488 g/mol. The van der Waals surface area contributed by atoms with Gasteiger partial charge in [-0.2, -0.15) is 9.72 Å². The molecule has 0 aliphatic carbocycles. The maximum absolute atomic E-state index is 12.6. The Morgan fingerprint density at radius 3 is 2.34 bits per heavy atom. The molecule has 3 aromatic carbocycles. The number of hydrogen-bond donors (Lipinski definition) is 2. The molecule has 180 valence electrons. The highest BCUT2D eigenvalue weighted by atomic mass is 32.2. The van der Waals surface area contributed by atoms with Crippen molar-refractivity contribution in [2.24, 2.45) is 4.99 Å². The molecule has 1 aromatic heterocycles. The quantitative estimate of drug-likeness (QED) is 0.350. The number of aliphatic carboxylic acids is 1. The molecule has 1 amide bonds. The van der Waals surface area contributed by atoms with Crippen LogP contribution in [0, 0.1) is 0 Å². The van der Waals surface area contributed by atoms with E-state index in [1.807, 2.05) is 36.4 Å². The van der Waals surface area contributed by atoms with E-state index in [-0.39, 0.29) is 22.7 Å². The van der Waals surface area contributed by atoms with Crippen molar-refractivity contribution in [1.82, 2.24) is 4.73 Å². The van der Waals surface area contributed by atoms with Crippen LogP contribution in [0.4, 0.5) is 0 Å². The van der Waals surface area contributed by atoms with Crippen molar-refractivity contribution < 1.29 is 28.3 Å². The van der Waals surface area contributed by atoms with Gasteiger partial charge in [0.2, 0.25) is 4.80 Å². The SMILES string of the molecule is O=C(CS(=O)(=O)Cc1ccc2ccccc2c1)N=c1scc(C(Cc2ccccc2)C(=O)O)n1O. The number of hydrogen-bond acceptors (Lipinski definition) is 6. The smallest absolute Gasteiger partial charge is 0.313 e. The van der Waals surface area contributed by atoms with E-state index in [0.717, 1.165) is 27.7 Å². The van der Waals surface area contributed by atoms with Crippen LogP contribution in [0.15, 0.2) is 83.2 Å². The summed E-state index contributed by atoms with van der Waals surface area (Å²) in [4.78, 5) is 27.8. The zero-order valence-electron chi connectivity index (χ0n) is 18.4. The molecule has 1 heterocycles. The van der Waals surface area contributed by atoms with Crippen molar-refractivity contribution in [2.75, 3.05) is 5.75 Å². The molecule has 8 nitrogen and oxygen atoms in total. The average molecular weight is 511 g/mol. The third-order valence-corrected chi connectivity index (χ3v) is 7.71. The Hall–Kier alpha value is -3.76. The van der Waals surface area contributed by atoms with Crippen LogP contribution in [-0.2, 0) is 31.6 Å². The largest absolute Gasteiger partial charge is 0.481 e. The molecule has 0 fully saturated rings. The fourth-order valence-electron chi connectivity index (χ4n) is 3.76. The van der Waals surface area contributed by atoms with Gasteiger partial charge in [-0.3, -0.25) is 9.59 Å². The Bertz CT molecular complexity index is 1560. The number of rotatable bonds is 8. The zero-order valence-corrected chi connectivity index (χ0v) is 20.1. The molecule has 0 saturated heterocycles. The number of amides is 1. The third-order valence-electron chi connectivity index (χ3n) is 5.41. The fourth-order valence-corrected chi connectivity index (χ4v) is 5.84. The Balaban J connectivity index is 1.51. The molecule has 4 aromatic rings. The predicted octanol–water partition coefficient (Wildman–Crippen LogP) is 3.39. The summed E-state index contributed by atoms with van der Waals surface area (Å²) >= 11 is 0.859. The molecule has 0 bridgehead atoms. The molecule has 1 unspecified atom stereocenters. The second-order valence-corrected chi connectivity index (χ2v) is 11.0. The lowest BCUT2D eigenvalue weighted by Gasteiger charge is -2.12. The molecule has 0 aliphatic heterocycles. The molecule has 2 N–H and O–H groups in total. The van der Waals surface area contributed by atoms with Crippen LogP contribution in [0.2, 0.25) is 0 Å². The second kappa shape index (κ2) is 10.2. The van der Waals surface area contributed by atoms with Gasteiger partial charge in [0.15, 0.2) is 9.84 Å². The first kappa shape index (κ1) is 24.4. The maximum atomic E-state index is 12.6. The van der Waals surface area contributed by atoms with Crippen LogP contribution in [0.1, 0.15) is 22.7 Å². The minimum atomic E-state index is -3.82. The number of thiazole rings is 1. The normalized spacial score (nSPS) is 13.1. The van der Waals surface area contributed by atoms with Crippen LogP contribution in [0.3, 0.4) is 0 Å². The molecule has 0 saturated carbocycles. The maximum Gasteiger partial charge on any atom is 0.313 e. The third kappa shape index (κ3) is 6.03. The number of carboxylic acid groups (broad SMARTS) is 1. The second-order valence-electron chi connectivity index (χ2n) is 8.05. The molecule has 1 atom stereocenters. The van der Waals surface area contributed by atoms with Gasteiger partial charge in [-0.1, -0.05) is 72.8 Å². The highest BCUT2D eigenvalue weighted by Crippen LogP contribution is 2.22. The lowest BCUT2D eigenvalue weighted by Crippen LogP contribution is -2.24. The summed E-state index contributed by atoms with van der Waals surface area (Å²) in [5, 5.41) is 23.4. The minimum absolute atomic E-state index is 0.0527. The molecule has 0 aliphatic rings. The molecular formula is C25H22N2O6S2. The zero-order chi connectivity index (χ0) is 25.0. The first-order valence-electron chi connectivity index (χ1n) is 10.6. The average Bonchev–Trinajstić information content (AvgIpc) is 3.16. The van der Waals surface area contributed by atoms with Crippen LogP contribution in [0.25, 0.3) is 10.8 Å². The Morgan fingerprint density at radius 2 is 1.63 bits per heavy atom. The summed E-state index contributed by atoms with van der Waals surface area (Å²) in [6.45, 7) is 0. The van der Waals surface area contributed by atoms with Gasteiger partial charge in [-0.15, -0.1) is 11.3 Å². The summed E-state index contributed by atoms with van der Waals surface area (Å²) in [5.74, 6) is -4.33. The molecule has 0 spiro atoms. The van der Waals surface area contributed by atoms with Gasteiger partial charge in [-0.25, -0.2) is 8.42 Å². The number of sulfone groups is 1. The van der Waals surface area contributed by atoms with Crippen molar-refractivity contribution in [1.29, 1.82) is 0 Å². The van der Waals surface area contributed by atoms with Crippen molar-refractivity contribution in [3.63, 3.8) is 0 Å². The van der Waals surface area contributed by atoms with Gasteiger partial charge >= 0.3 is 5.97 Å². The monoisotopic (exact) mass is 510 g/mol. The minimum Gasteiger partial charge on any atom is -0.481 e. The molecule has 10 heteroatoms. The van der Waals surface area contributed by atoms with Crippen molar-refractivity contribution >= 4 is 43.8 Å². The number of aromatic nitrogens is 1. The van der Waals surface area contributed by atoms with E-state index in [4.69, 9.17) is 0 Å². The molecule has 35 heavy (non-hydrogen) atoms. The first-order chi connectivity index (χ1) is 16.7. The van der Waals surface area contributed by atoms with E-state index < -0.39 is 33.4 Å². The van der Waals surface area contributed by atoms with Gasteiger partial charge in [0.25, 0.3) is 5.91 Å². The van der Waals surface area contributed by atoms with Gasteiger partial charge in [-0.05, 0) is 28.3 Å². The summed E-state index contributed by atoms with van der Waals surface area (Å²) in [5.41, 5.74) is 1.37. The van der Waals surface area contributed by atoms with Crippen LogP contribution < -0.4 is 4.80 Å². The summed E-state index contributed by atoms with van der Waals surface area (Å²) < 4.78 is 25.7. The highest BCUT2D eigenvalue weighted by molar-refractivity contribution is 7.91. The topological polar surface area (TPSA) is 126 Å². The van der Waals surface area contributed by atoms with E-state index >= 15 is 0 Å². The number of nitrogens with zero attached hydrogens (tertiary/aromatic N) is 2. The van der Waals surface area contributed by atoms with E-state index in [0.29, 0.717) is 10.3 Å². The van der Waals surface area contributed by atoms with Gasteiger partial charge < -0.3 is 10.3 Å². The van der Waals surface area contributed by atoms with Crippen molar-refractivity contribution in [3.05, 3.63) is 99.8 Å². The number of fused-ring (bicyclic) bond motifs is 1. The lowest BCUT2D eigenvalue weighted by molar-refractivity contribution is -0.139. The summed E-state index contributed by atoms with van der Waals surface area (Å²) in [7, 11) is -3.82. The van der Waals surface area contributed by atoms with Crippen LogP contribution in [-0.4, -0.2) is 41.1 Å². The molecule has 0 radical (unpaired) electrons. The van der Waals surface area contributed by atoms with E-state index in [1.165, 1.54) is 5.38 Å². The standard InChI is InChI=1S/C25H22N2O6S2/c28-23(16-35(32,33)15-18-10-11-19-8-4-5-9-20(19)12-18)26-25-27(31)22(14-34-25)21(24(29)30)13-17-6-2-1-3-7-17/h1-12,14,21,31H,13,15-16H2,(H,29,30). The summed E-state index contributed by atoms with van der Waals surface area (Å²) in [6, 6.07) is 21.8. The predicted molar refractivity (Wildman–Crippen MR) is 132 cm³/mol. The number of benzene rings is 3. The van der Waals surface area contributed by atoms with Crippen LogP contribution in [0.5, 0.6) is 0 Å². The number of carbonyl (C=O) groups excluding carboxylic acids is 1. The lowest BCUT2D eigenvalue weighted by atomic mass is 9.97. The van der Waals surface area contributed by atoms with Gasteiger partial charge in [0.05, 0.1) is 11.4 Å². The Morgan fingerprint density at radius 1 is 0.943 bits per heavy atom. The van der Waals surface area contributed by atoms with Crippen LogP contribution >= 0.6 is 11.3 Å². The van der Waals surface area contributed by atoms with Crippen molar-refractivity contribution in [2.45, 2.75) is 18.1 Å². The van der Waals surface area contributed by atoms with Crippen molar-refractivity contribution in [3.8, 4) is 0 Å². The fraction of sp³-hybridized carbons (Fsp3) is 0.160. The summed E-state index contributed by atoms with van der Waals surface area (Å²) in [6.07, 6.45) is 0.126. The Labute approximate surface area is 205 Å². The first-order valence-corrected chi connectivity index (χ1v) is 13.3. The highest BCUT2D eigenvalue weighted by Gasteiger charge is 2.25. The van der Waals surface area contributed by atoms with E-state index in [9.17, 15) is 28.3 Å². The molecule has 4 rings (SSSR count). The van der Waals surface area contributed by atoms with Gasteiger partial charge in [0.1, 0.15) is 11.7 Å².